The number of hydrogen-bond acceptors (Lipinski definition) is 5. The Labute approximate surface area is 94.4 Å². The third-order valence-corrected chi connectivity index (χ3v) is 2.42. The summed E-state index contributed by atoms with van der Waals surface area (Å²) in [5.41, 5.74) is 0.394. The second-order valence-corrected chi connectivity index (χ2v) is 3.42. The van der Waals surface area contributed by atoms with Crippen molar-refractivity contribution in [1.82, 2.24) is 0 Å². The molecule has 0 aliphatic carbocycles. The molecule has 16 heavy (non-hydrogen) atoms. The van der Waals surface area contributed by atoms with Crippen LogP contribution in [0.15, 0.2) is 11.8 Å². The van der Waals surface area contributed by atoms with Crippen LogP contribution in [0.5, 0.6) is 0 Å². The van der Waals surface area contributed by atoms with Gasteiger partial charge in [0, 0.05) is 25.4 Å². The lowest BCUT2D eigenvalue weighted by Crippen LogP contribution is -2.28. The number of hydrogen-bond donors (Lipinski definition) is 0. The minimum atomic E-state index is -0.457. The third-order valence-electron chi connectivity index (χ3n) is 2.42. The molecule has 1 unspecified atom stereocenters. The van der Waals surface area contributed by atoms with Crippen LogP contribution in [-0.2, 0) is 23.8 Å². The van der Waals surface area contributed by atoms with E-state index in [4.69, 9.17) is 9.47 Å². The Morgan fingerprint density at radius 2 is 2.44 bits per heavy atom. The van der Waals surface area contributed by atoms with Gasteiger partial charge < -0.3 is 19.0 Å². The predicted molar refractivity (Wildman–Crippen MR) is 55.4 cm³/mol. The Kier molecular flexibility index (Phi) is 4.98. The fourth-order valence-electron chi connectivity index (χ4n) is 1.63. The van der Waals surface area contributed by atoms with Crippen molar-refractivity contribution in [3.05, 3.63) is 11.8 Å². The molecule has 1 heterocycles. The summed E-state index contributed by atoms with van der Waals surface area (Å²) >= 11 is 0. The Morgan fingerprint density at radius 3 is 3.00 bits per heavy atom. The SMILES string of the molecule is CCOC1C[C@H](CC=O)C(C(=O)OC)=CO1. The standard InChI is InChI=1S/C11H16O5/c1-3-15-10-6-8(4-5-12)9(7-16-10)11(13)14-2/h5,7-8,10H,3-4,6H2,1-2H3/t8-,10?/m0/s1. The molecule has 0 saturated heterocycles. The van der Waals surface area contributed by atoms with E-state index in [9.17, 15) is 9.59 Å². The molecule has 1 aliphatic rings. The molecule has 1 aliphatic heterocycles. The van der Waals surface area contributed by atoms with Gasteiger partial charge in [-0.3, -0.25) is 0 Å². The van der Waals surface area contributed by atoms with E-state index < -0.39 is 5.97 Å². The zero-order valence-corrected chi connectivity index (χ0v) is 9.47. The van der Waals surface area contributed by atoms with Gasteiger partial charge in [-0.1, -0.05) is 0 Å². The molecule has 1 rings (SSSR count). The average Bonchev–Trinajstić information content (AvgIpc) is 2.29. The molecule has 5 nitrogen and oxygen atoms in total. The summed E-state index contributed by atoms with van der Waals surface area (Å²) in [7, 11) is 1.30. The van der Waals surface area contributed by atoms with E-state index in [1.165, 1.54) is 13.4 Å². The summed E-state index contributed by atoms with van der Waals surface area (Å²) in [6.45, 7) is 2.39. The van der Waals surface area contributed by atoms with Crippen LogP contribution in [0, 0.1) is 5.92 Å². The second kappa shape index (κ2) is 6.27. The molecule has 0 fully saturated rings. The Morgan fingerprint density at radius 1 is 1.69 bits per heavy atom. The van der Waals surface area contributed by atoms with Gasteiger partial charge in [0.05, 0.1) is 18.9 Å². The van der Waals surface area contributed by atoms with Crippen LogP contribution in [0.3, 0.4) is 0 Å². The van der Waals surface area contributed by atoms with Gasteiger partial charge in [-0.15, -0.1) is 0 Å². The van der Waals surface area contributed by atoms with Crippen molar-refractivity contribution in [3.8, 4) is 0 Å². The van der Waals surface area contributed by atoms with Gasteiger partial charge in [0.25, 0.3) is 0 Å². The highest BCUT2D eigenvalue weighted by Gasteiger charge is 2.30. The van der Waals surface area contributed by atoms with Gasteiger partial charge in [0.1, 0.15) is 6.29 Å². The zero-order valence-electron chi connectivity index (χ0n) is 9.47. The molecule has 90 valence electrons. The van der Waals surface area contributed by atoms with E-state index in [-0.39, 0.29) is 18.6 Å². The van der Waals surface area contributed by atoms with Crippen LogP contribution < -0.4 is 0 Å². The van der Waals surface area contributed by atoms with Crippen molar-refractivity contribution in [2.45, 2.75) is 26.1 Å². The van der Waals surface area contributed by atoms with E-state index in [0.717, 1.165) is 6.29 Å². The molecule has 0 aromatic carbocycles. The largest absolute Gasteiger partial charge is 0.472 e. The first-order chi connectivity index (χ1) is 7.72. The summed E-state index contributed by atoms with van der Waals surface area (Å²) in [5, 5.41) is 0. The molecule has 0 amide bonds. The molecule has 0 saturated carbocycles. The van der Waals surface area contributed by atoms with Gasteiger partial charge in [0.15, 0.2) is 6.29 Å². The summed E-state index contributed by atoms with van der Waals surface area (Å²) in [6.07, 6.45) is 2.50. The molecule has 5 heteroatoms. The maximum absolute atomic E-state index is 11.4. The van der Waals surface area contributed by atoms with Gasteiger partial charge in [-0.25, -0.2) is 4.79 Å². The highest BCUT2D eigenvalue weighted by Crippen LogP contribution is 2.28. The zero-order chi connectivity index (χ0) is 12.0. The number of carbonyl (C=O) groups excluding carboxylic acids is 2. The Bertz CT molecular complexity index is 284. The number of methoxy groups -OCH3 is 1. The lowest BCUT2D eigenvalue weighted by Gasteiger charge is -2.27. The van der Waals surface area contributed by atoms with E-state index in [1.54, 1.807) is 0 Å². The summed E-state index contributed by atoms with van der Waals surface area (Å²) < 4.78 is 15.1. The summed E-state index contributed by atoms with van der Waals surface area (Å²) in [5.74, 6) is -0.642. The lowest BCUT2D eigenvalue weighted by atomic mass is 9.92. The lowest BCUT2D eigenvalue weighted by molar-refractivity contribution is -0.143. The number of ether oxygens (including phenoxy) is 3. The molecular formula is C11H16O5. The van der Waals surface area contributed by atoms with Crippen molar-refractivity contribution >= 4 is 12.3 Å². The van der Waals surface area contributed by atoms with Crippen LogP contribution in [0.2, 0.25) is 0 Å². The first-order valence-corrected chi connectivity index (χ1v) is 5.22. The van der Waals surface area contributed by atoms with E-state index in [0.29, 0.717) is 18.6 Å². The van der Waals surface area contributed by atoms with E-state index in [2.05, 4.69) is 4.74 Å². The first kappa shape index (κ1) is 12.7. The second-order valence-electron chi connectivity index (χ2n) is 3.42. The number of rotatable bonds is 5. The maximum Gasteiger partial charge on any atom is 0.337 e. The van der Waals surface area contributed by atoms with Gasteiger partial charge in [0.2, 0.25) is 0 Å². The third kappa shape index (κ3) is 3.06. The minimum absolute atomic E-state index is 0.185. The Balaban J connectivity index is 2.73. The number of esters is 1. The van der Waals surface area contributed by atoms with Gasteiger partial charge in [-0.2, -0.15) is 0 Å². The van der Waals surface area contributed by atoms with Crippen LogP contribution in [0.1, 0.15) is 19.8 Å². The monoisotopic (exact) mass is 228 g/mol. The quantitative estimate of drug-likeness (QED) is 0.519. The normalized spacial score (nSPS) is 24.2. The van der Waals surface area contributed by atoms with E-state index in [1.807, 2.05) is 6.92 Å². The van der Waals surface area contributed by atoms with Crippen molar-refractivity contribution < 1.29 is 23.8 Å². The molecule has 0 spiro atoms. The highest BCUT2D eigenvalue weighted by molar-refractivity contribution is 5.89. The van der Waals surface area contributed by atoms with Crippen LogP contribution in [0.25, 0.3) is 0 Å². The number of carbonyl (C=O) groups is 2. The summed E-state index contributed by atoms with van der Waals surface area (Å²) in [4.78, 5) is 21.9. The van der Waals surface area contributed by atoms with Crippen LogP contribution in [0.4, 0.5) is 0 Å². The smallest absolute Gasteiger partial charge is 0.337 e. The summed E-state index contributed by atoms with van der Waals surface area (Å²) in [6, 6.07) is 0. The molecule has 0 radical (unpaired) electrons. The fourth-order valence-corrected chi connectivity index (χ4v) is 1.63. The molecule has 0 aromatic rings. The molecule has 0 N–H and O–H groups in total. The topological polar surface area (TPSA) is 61.8 Å². The fraction of sp³-hybridized carbons (Fsp3) is 0.636. The molecule has 2 atom stereocenters. The van der Waals surface area contributed by atoms with Gasteiger partial charge >= 0.3 is 5.97 Å². The predicted octanol–water partition coefficient (Wildman–Crippen LogP) is 1.03. The average molecular weight is 228 g/mol. The Hall–Kier alpha value is -1.36. The maximum atomic E-state index is 11.4. The van der Waals surface area contributed by atoms with Crippen LogP contribution >= 0.6 is 0 Å². The molecule has 0 aromatic heterocycles. The molecule has 0 bridgehead atoms. The minimum Gasteiger partial charge on any atom is -0.472 e. The molecular weight excluding hydrogens is 212 g/mol. The van der Waals surface area contributed by atoms with Crippen LogP contribution in [-0.4, -0.2) is 32.3 Å². The van der Waals surface area contributed by atoms with Crippen molar-refractivity contribution in [2.24, 2.45) is 5.92 Å². The van der Waals surface area contributed by atoms with Crippen molar-refractivity contribution in [2.75, 3.05) is 13.7 Å². The first-order valence-electron chi connectivity index (χ1n) is 5.22. The van der Waals surface area contributed by atoms with Crippen molar-refractivity contribution in [1.29, 1.82) is 0 Å². The van der Waals surface area contributed by atoms with Gasteiger partial charge in [-0.05, 0) is 6.92 Å². The van der Waals surface area contributed by atoms with E-state index >= 15 is 0 Å². The number of aldehydes is 1. The van der Waals surface area contributed by atoms with Crippen molar-refractivity contribution in [3.63, 3.8) is 0 Å². The highest BCUT2D eigenvalue weighted by atomic mass is 16.7.